The van der Waals surface area contributed by atoms with Gasteiger partial charge in [-0.3, -0.25) is 24.0 Å². The van der Waals surface area contributed by atoms with Gasteiger partial charge >= 0.3 is 11.9 Å². The lowest BCUT2D eigenvalue weighted by molar-refractivity contribution is -0.155. The summed E-state index contributed by atoms with van der Waals surface area (Å²) in [7, 11) is -3.80. The van der Waals surface area contributed by atoms with Crippen molar-refractivity contribution in [3.05, 3.63) is 90.5 Å². The maximum absolute atomic E-state index is 14.7. The molecule has 1 amide bonds. The Kier molecular flexibility index (Phi) is 10.0. The van der Waals surface area contributed by atoms with Crippen molar-refractivity contribution < 1.29 is 32.3 Å². The van der Waals surface area contributed by atoms with Gasteiger partial charge in [-0.15, -0.1) is 0 Å². The van der Waals surface area contributed by atoms with Gasteiger partial charge in [0.15, 0.2) is 0 Å². The van der Waals surface area contributed by atoms with Crippen LogP contribution in [-0.4, -0.2) is 73.1 Å². The second kappa shape index (κ2) is 13.8. The number of rotatable bonds is 14. The monoisotopic (exact) mass is 662 g/mol. The Morgan fingerprint density at radius 3 is 1.85 bits per heavy atom. The molecule has 250 valence electrons. The first kappa shape index (κ1) is 34.1. The summed E-state index contributed by atoms with van der Waals surface area (Å²) >= 11 is 0. The third kappa shape index (κ3) is 6.76. The van der Waals surface area contributed by atoms with Crippen LogP contribution >= 0.6 is 0 Å². The van der Waals surface area contributed by atoms with Crippen molar-refractivity contribution in [1.29, 1.82) is 0 Å². The molecule has 6 rings (SSSR count). The summed E-state index contributed by atoms with van der Waals surface area (Å²) in [5.41, 5.74) is 0.713. The number of benzene rings is 3. The molecule has 0 spiro atoms. The zero-order valence-corrected chi connectivity index (χ0v) is 28.1. The largest absolute Gasteiger partial charge is 0.463 e. The summed E-state index contributed by atoms with van der Waals surface area (Å²) in [4.78, 5) is 42.2. The van der Waals surface area contributed by atoms with Crippen molar-refractivity contribution in [2.24, 2.45) is 0 Å². The number of nitrogens with zero attached hydrogens (tertiary/aromatic N) is 3. The van der Waals surface area contributed by atoms with E-state index in [4.69, 9.17) is 9.47 Å². The number of carbonyl (C=O) groups is 3. The molecule has 2 bridgehead atoms. The highest BCUT2D eigenvalue weighted by Crippen LogP contribution is 2.59. The van der Waals surface area contributed by atoms with Crippen molar-refractivity contribution in [3.8, 4) is 0 Å². The Morgan fingerprint density at radius 1 is 0.830 bits per heavy atom. The predicted molar refractivity (Wildman–Crippen MR) is 178 cm³/mol. The number of hydrazine groups is 1. The molecule has 0 saturated carbocycles. The topological polar surface area (TPSA) is 126 Å². The number of hydrogen-bond acceptors (Lipinski definition) is 9. The first-order chi connectivity index (χ1) is 22.4. The third-order valence-corrected chi connectivity index (χ3v) is 9.84. The number of esters is 2. The summed E-state index contributed by atoms with van der Waals surface area (Å²) in [6.07, 6.45) is -0.489. The van der Waals surface area contributed by atoms with E-state index in [-0.39, 0.29) is 66.9 Å². The van der Waals surface area contributed by atoms with Crippen LogP contribution in [0, 0.1) is 0 Å². The van der Waals surface area contributed by atoms with Gasteiger partial charge in [-0.2, -0.15) is 5.01 Å². The number of sulfonamides is 1. The van der Waals surface area contributed by atoms with Crippen LogP contribution in [0.3, 0.4) is 0 Å². The number of nitrogens with one attached hydrogen (secondary N) is 1. The molecule has 4 unspecified atom stereocenters. The second-order valence-electron chi connectivity index (χ2n) is 12.3. The van der Waals surface area contributed by atoms with Gasteiger partial charge in [0.25, 0.3) is 15.9 Å². The molecule has 1 N–H and O–H groups in total. The minimum Gasteiger partial charge on any atom is -0.463 e. The molecule has 12 heteroatoms. The zero-order valence-electron chi connectivity index (χ0n) is 27.3. The number of amides is 1. The summed E-state index contributed by atoms with van der Waals surface area (Å²) in [6.45, 7) is 9.48. The van der Waals surface area contributed by atoms with Crippen LogP contribution in [0.5, 0.6) is 0 Å². The molecule has 3 saturated heterocycles. The number of fused-ring (bicyclic) bond motifs is 1. The van der Waals surface area contributed by atoms with E-state index in [0.717, 1.165) is 5.56 Å². The van der Waals surface area contributed by atoms with E-state index in [9.17, 15) is 22.8 Å². The first-order valence-electron chi connectivity index (χ1n) is 15.9. The average Bonchev–Trinajstić information content (AvgIpc) is 3.43. The number of hydrogen-bond donors (Lipinski definition) is 1. The summed E-state index contributed by atoms with van der Waals surface area (Å²) < 4.78 is 39.2. The van der Waals surface area contributed by atoms with Crippen molar-refractivity contribution in [1.82, 2.24) is 9.91 Å². The predicted octanol–water partition coefficient (Wildman–Crippen LogP) is 4.92. The van der Waals surface area contributed by atoms with E-state index >= 15 is 0 Å². The summed E-state index contributed by atoms with van der Waals surface area (Å²) in [5, 5.41) is 3.64. The Hall–Kier alpha value is -4.26. The second-order valence-corrected chi connectivity index (χ2v) is 14.0. The smallest absolute Gasteiger partial charge is 0.307 e. The van der Waals surface area contributed by atoms with Gasteiger partial charge in [0.2, 0.25) is 0 Å². The van der Waals surface area contributed by atoms with Gasteiger partial charge in [0.1, 0.15) is 5.54 Å². The van der Waals surface area contributed by atoms with Gasteiger partial charge in [-0.05, 0) is 76.6 Å². The molecule has 0 radical (unpaired) electrons. The lowest BCUT2D eigenvalue weighted by Crippen LogP contribution is -2.73. The molecule has 3 fully saturated rings. The average molecular weight is 663 g/mol. The normalized spacial score (nSPS) is 22.0. The molecule has 3 aliphatic rings. The van der Waals surface area contributed by atoms with Gasteiger partial charge < -0.3 is 9.47 Å². The molecule has 3 aromatic rings. The Labute approximate surface area is 276 Å². The fraction of sp³-hybridized carbons (Fsp3) is 0.400. The molecule has 4 atom stereocenters. The highest BCUT2D eigenvalue weighted by Gasteiger charge is 2.76. The zero-order chi connectivity index (χ0) is 33.9. The van der Waals surface area contributed by atoms with E-state index in [2.05, 4.69) is 4.72 Å². The van der Waals surface area contributed by atoms with Crippen LogP contribution in [0.25, 0.3) is 0 Å². The van der Waals surface area contributed by atoms with Crippen molar-refractivity contribution in [2.45, 2.75) is 82.2 Å². The molecule has 3 aromatic carbocycles. The molecule has 47 heavy (non-hydrogen) atoms. The van der Waals surface area contributed by atoms with Gasteiger partial charge in [0, 0.05) is 18.8 Å². The van der Waals surface area contributed by atoms with Crippen molar-refractivity contribution in [2.75, 3.05) is 22.8 Å². The van der Waals surface area contributed by atoms with Gasteiger partial charge in [-0.25, -0.2) is 13.4 Å². The number of ether oxygens (including phenoxy) is 2. The summed E-state index contributed by atoms with van der Waals surface area (Å²) in [6, 6.07) is 23.7. The van der Waals surface area contributed by atoms with E-state index in [1.54, 1.807) is 75.2 Å². The van der Waals surface area contributed by atoms with Crippen LogP contribution in [0.15, 0.2) is 89.8 Å². The molecule has 3 heterocycles. The van der Waals surface area contributed by atoms with Crippen molar-refractivity contribution in [3.63, 3.8) is 0 Å². The van der Waals surface area contributed by atoms with E-state index in [1.807, 2.05) is 47.2 Å². The van der Waals surface area contributed by atoms with Crippen LogP contribution in [0.2, 0.25) is 0 Å². The first-order valence-corrected chi connectivity index (χ1v) is 17.3. The summed E-state index contributed by atoms with van der Waals surface area (Å²) in [5.74, 6) is -0.977. The minimum atomic E-state index is -3.80. The van der Waals surface area contributed by atoms with E-state index < -0.39 is 21.6 Å². The quantitative estimate of drug-likeness (QED) is 0.240. The van der Waals surface area contributed by atoms with E-state index in [1.165, 1.54) is 12.1 Å². The standard InChI is InChI=1S/C35H42N4O7S/c1-24(2)45-31(40)20-22-37(23-21-32(41)46-25(3)4)35-26(5)38(33(35)27-12-8-6-9-13-27)39(34(35)42)29-18-16-28(17-19-29)36-47(43,44)30-14-10-7-11-15-30/h6-19,24-26,33,36H,20-23H2,1-5H3. The Bertz CT molecular complexity index is 1660. The Balaban J connectivity index is 1.48. The fourth-order valence-electron chi connectivity index (χ4n) is 6.56. The van der Waals surface area contributed by atoms with Crippen LogP contribution < -0.4 is 9.73 Å². The number of carbonyl (C=O) groups excluding carboxylic acids is 3. The van der Waals surface area contributed by atoms with Gasteiger partial charge in [0.05, 0.1) is 47.7 Å². The van der Waals surface area contributed by atoms with Crippen molar-refractivity contribution >= 4 is 39.2 Å². The van der Waals surface area contributed by atoms with Gasteiger partial charge in [-0.1, -0.05) is 48.5 Å². The van der Waals surface area contributed by atoms with Crippen LogP contribution in [0.4, 0.5) is 11.4 Å². The highest BCUT2D eigenvalue weighted by molar-refractivity contribution is 7.92. The third-order valence-electron chi connectivity index (χ3n) is 8.44. The minimum absolute atomic E-state index is 0.0386. The fourth-order valence-corrected chi connectivity index (χ4v) is 7.64. The molecule has 11 nitrogen and oxygen atoms in total. The van der Waals surface area contributed by atoms with Crippen LogP contribution in [0.1, 0.15) is 59.1 Å². The maximum atomic E-state index is 14.7. The Morgan fingerprint density at radius 2 is 1.34 bits per heavy atom. The molecular weight excluding hydrogens is 620 g/mol. The number of anilines is 2. The van der Waals surface area contributed by atoms with E-state index in [0.29, 0.717) is 11.4 Å². The van der Waals surface area contributed by atoms with Crippen LogP contribution in [-0.2, 0) is 33.9 Å². The highest BCUT2D eigenvalue weighted by atomic mass is 32.2. The SMILES string of the molecule is CC(C)OC(=O)CCN(CCC(=O)OC(C)C)C12C(=O)N(c3ccc(NS(=O)(=O)c4ccccc4)cc3)N(C1C)C2c1ccccc1. The lowest BCUT2D eigenvalue weighted by Gasteiger charge is -2.57. The molecule has 3 aliphatic heterocycles. The maximum Gasteiger partial charge on any atom is 0.307 e. The molecular formula is C35H42N4O7S. The molecule has 0 aliphatic carbocycles. The molecule has 0 aromatic heterocycles. The lowest BCUT2D eigenvalue weighted by atomic mass is 9.71.